The third-order valence-corrected chi connectivity index (χ3v) is 49.3. The summed E-state index contributed by atoms with van der Waals surface area (Å²) in [5.74, 6) is 0. The van der Waals surface area contributed by atoms with E-state index in [0.717, 1.165) is 0 Å². The summed E-state index contributed by atoms with van der Waals surface area (Å²) in [5.41, 5.74) is 6.58. The lowest BCUT2D eigenvalue weighted by Gasteiger charge is -2.60. The maximum Gasteiger partial charge on any atom is 0.0933 e. The van der Waals surface area contributed by atoms with E-state index in [9.17, 15) is 0 Å². The minimum Gasteiger partial charge on any atom is -0.0761 e. The van der Waals surface area contributed by atoms with Crippen LogP contribution in [0.15, 0.2) is 12.1 Å². The first-order valence-corrected chi connectivity index (χ1v) is 40.9. The molecule has 0 nitrogen and oxygen atoms in total. The average molecular weight is 716 g/mol. The molecule has 8 heteroatoms. The van der Waals surface area contributed by atoms with Crippen LogP contribution < -0.4 is 0 Å². The molecule has 2 radical (unpaired) electrons. The Hall–Kier alpha value is 1.22. The average Bonchev–Trinajstić information content (AvgIpc) is 2.52. The predicted octanol–water partition coefficient (Wildman–Crippen LogP) is 12.0. The fourth-order valence-corrected chi connectivity index (χ4v) is 66.5. The van der Waals surface area contributed by atoms with Crippen LogP contribution in [0.5, 0.6) is 0 Å². The first kappa shape index (κ1) is 38.2. The van der Waals surface area contributed by atoms with Crippen LogP contribution in [-0.4, -0.2) is 56.5 Å². The predicted molar refractivity (Wildman–Crippen MR) is 208 cm³/mol. The van der Waals surface area contributed by atoms with Crippen molar-refractivity contribution in [3.05, 3.63) is 39.7 Å². The summed E-state index contributed by atoms with van der Waals surface area (Å²) < 4.78 is 0.383. The highest BCUT2D eigenvalue weighted by Gasteiger charge is 2.61. The fourth-order valence-electron chi connectivity index (χ4n) is 10.6. The van der Waals surface area contributed by atoms with Crippen LogP contribution in [-0.2, 0) is 4.28 Å². The maximum atomic E-state index is 3.89. The minimum absolute atomic E-state index is 0.383. The van der Waals surface area contributed by atoms with Gasteiger partial charge in [0.25, 0.3) is 0 Å². The number of hydrogen-bond donors (Lipinski definition) is 0. The van der Waals surface area contributed by atoms with E-state index in [2.05, 4.69) is 171 Å². The Morgan fingerprint density at radius 3 is 0.872 bits per heavy atom. The summed E-state index contributed by atoms with van der Waals surface area (Å²) in [4.78, 5) is 0. The molecule has 0 spiro atoms. The van der Waals surface area contributed by atoms with Crippen LogP contribution in [0, 0.1) is 5.33 Å². The van der Waals surface area contributed by atoms with E-state index in [1.54, 1.807) is 16.7 Å². The SMILES string of the molecule is C[Si](C)(C)C(c1cc(C([Si](C)(C)C)([Si](C)(C)C)[Si](C)(C)C)cc(C([Si](C)(C)C)[Si](C)(C)C)c1[C]Br)[Si](C)(C)C. The second-order valence-corrected chi connectivity index (χ2v) is 60.0. The monoisotopic (exact) mass is 714 g/mol. The van der Waals surface area contributed by atoms with E-state index in [4.69, 9.17) is 0 Å². The van der Waals surface area contributed by atoms with Crippen LogP contribution in [0.1, 0.15) is 32.6 Å². The summed E-state index contributed by atoms with van der Waals surface area (Å²) in [5, 5.41) is 5.15. The van der Waals surface area contributed by atoms with Gasteiger partial charge >= 0.3 is 0 Å². The third kappa shape index (κ3) is 7.66. The summed E-state index contributed by atoms with van der Waals surface area (Å²) in [7, 11) is -11.0. The fraction of sp³-hybridized carbons (Fsp3) is 0.774. The molecule has 0 aliphatic rings. The van der Waals surface area contributed by atoms with Crippen molar-refractivity contribution in [2.75, 3.05) is 0 Å². The van der Waals surface area contributed by atoms with Gasteiger partial charge in [-0.3, -0.25) is 0 Å². The molecule has 1 aromatic carbocycles. The minimum atomic E-state index is -1.64. The zero-order valence-corrected chi connectivity index (χ0v) is 38.8. The van der Waals surface area contributed by atoms with Gasteiger partial charge in [-0.25, -0.2) is 0 Å². The Balaban J connectivity index is 4.79. The molecule has 1 rings (SSSR count). The quantitative estimate of drug-likeness (QED) is 0.200. The summed E-state index contributed by atoms with van der Waals surface area (Å²) >= 11 is 3.89. The molecule has 0 fully saturated rings. The second kappa shape index (κ2) is 11.6. The molecule has 0 aliphatic carbocycles. The molecule has 0 atom stereocenters. The van der Waals surface area contributed by atoms with Gasteiger partial charge in [0, 0.05) is 56.5 Å². The molecule has 0 saturated heterocycles. The van der Waals surface area contributed by atoms with Crippen molar-refractivity contribution in [3.63, 3.8) is 0 Å². The lowest BCUT2D eigenvalue weighted by atomic mass is 10.00. The van der Waals surface area contributed by atoms with Gasteiger partial charge in [0.2, 0.25) is 0 Å². The lowest BCUT2D eigenvalue weighted by Crippen LogP contribution is -2.74. The molecule has 0 heterocycles. The number of halogens is 1. The maximum absolute atomic E-state index is 3.89. The smallest absolute Gasteiger partial charge is 0.0761 e. The molecule has 0 bridgehead atoms. The van der Waals surface area contributed by atoms with E-state index >= 15 is 0 Å². The van der Waals surface area contributed by atoms with Crippen molar-refractivity contribution in [3.8, 4) is 0 Å². The van der Waals surface area contributed by atoms with Crippen molar-refractivity contribution in [2.24, 2.45) is 0 Å². The van der Waals surface area contributed by atoms with E-state index in [1.807, 2.05) is 0 Å². The number of rotatable bonds is 11. The second-order valence-electron chi connectivity index (χ2n) is 20.0. The zero-order chi connectivity index (χ0) is 31.6. The van der Waals surface area contributed by atoms with E-state index in [0.29, 0.717) is 14.6 Å². The van der Waals surface area contributed by atoms with Gasteiger partial charge < -0.3 is 0 Å². The largest absolute Gasteiger partial charge is 0.0933 e. The highest BCUT2D eigenvalue weighted by molar-refractivity contribution is 9.10. The van der Waals surface area contributed by atoms with Crippen LogP contribution in [0.25, 0.3) is 0 Å². The van der Waals surface area contributed by atoms with E-state index in [1.165, 1.54) is 5.56 Å². The Morgan fingerprint density at radius 1 is 0.487 bits per heavy atom. The summed E-state index contributed by atoms with van der Waals surface area (Å²) in [6.07, 6.45) is 0. The van der Waals surface area contributed by atoms with Crippen LogP contribution in [0.3, 0.4) is 0 Å². The molecular formula is C31H67BrSi7. The Kier molecular flexibility index (Phi) is 11.4. The highest BCUT2D eigenvalue weighted by atomic mass is 79.9. The number of hydrogen-bond acceptors (Lipinski definition) is 0. The Morgan fingerprint density at radius 2 is 0.718 bits per heavy atom. The third-order valence-electron chi connectivity index (χ3n) is 9.19. The molecule has 0 unspecified atom stereocenters. The van der Waals surface area contributed by atoms with Gasteiger partial charge in [0.05, 0.1) is 5.33 Å². The topological polar surface area (TPSA) is 0 Å². The van der Waals surface area contributed by atoms with Gasteiger partial charge in [0.15, 0.2) is 0 Å². The van der Waals surface area contributed by atoms with Crippen molar-refractivity contribution in [2.45, 2.75) is 152 Å². The summed E-state index contributed by atoms with van der Waals surface area (Å²) in [6, 6.07) is 5.66. The van der Waals surface area contributed by atoms with Gasteiger partial charge in [0.1, 0.15) is 0 Å². The van der Waals surface area contributed by atoms with Gasteiger partial charge in [-0.2, -0.15) is 0 Å². The molecule has 1 aromatic rings. The molecule has 226 valence electrons. The van der Waals surface area contributed by atoms with E-state index in [-0.39, 0.29) is 0 Å². The summed E-state index contributed by atoms with van der Waals surface area (Å²) in [6.45, 7) is 56.0. The lowest BCUT2D eigenvalue weighted by molar-refractivity contribution is 0.985. The Bertz CT molecular complexity index is 882. The normalized spacial score (nSPS) is 15.5. The molecule has 0 saturated carbocycles. The standard InChI is InChI=1S/C31H67BrSi7/c1-33(2,3)29(34(4,5)6)26-22-25(31(37(13,14)15,38(16,17)18)39(19,20)21)23-27(28(26)24-32)30(35(7,8)9)36(10,11)12/h22-23,29-30H,1-21H3. The molecule has 0 N–H and O–H groups in total. The first-order valence-electron chi connectivity index (χ1n) is 15.3. The van der Waals surface area contributed by atoms with Crippen LogP contribution in [0.4, 0.5) is 0 Å². The van der Waals surface area contributed by atoms with Gasteiger partial charge in [-0.05, 0) is 36.9 Å². The van der Waals surface area contributed by atoms with Crippen molar-refractivity contribution >= 4 is 72.4 Å². The molecule has 0 aliphatic heterocycles. The van der Waals surface area contributed by atoms with Gasteiger partial charge in [-0.1, -0.05) is 166 Å². The van der Waals surface area contributed by atoms with Crippen molar-refractivity contribution < 1.29 is 0 Å². The Labute approximate surface area is 262 Å². The van der Waals surface area contributed by atoms with E-state index < -0.39 is 56.5 Å². The number of benzene rings is 1. The van der Waals surface area contributed by atoms with Crippen LogP contribution in [0.2, 0.25) is 137 Å². The molecule has 0 amide bonds. The first-order chi connectivity index (χ1) is 16.8. The van der Waals surface area contributed by atoms with Crippen molar-refractivity contribution in [1.29, 1.82) is 0 Å². The molecule has 0 aromatic heterocycles. The highest BCUT2D eigenvalue weighted by Crippen LogP contribution is 2.53. The molecular weight excluding hydrogens is 649 g/mol. The zero-order valence-electron chi connectivity index (χ0n) is 30.2. The van der Waals surface area contributed by atoms with Gasteiger partial charge in [-0.15, -0.1) is 0 Å². The van der Waals surface area contributed by atoms with Crippen molar-refractivity contribution in [1.82, 2.24) is 0 Å². The molecule has 39 heavy (non-hydrogen) atoms. The van der Waals surface area contributed by atoms with Crippen LogP contribution >= 0.6 is 15.9 Å².